The van der Waals surface area contributed by atoms with Gasteiger partial charge < -0.3 is 4.90 Å². The van der Waals surface area contributed by atoms with E-state index >= 15 is 0 Å². The second kappa shape index (κ2) is 3.94. The fourth-order valence-corrected chi connectivity index (χ4v) is 2.44. The molecule has 1 aliphatic heterocycles. The summed E-state index contributed by atoms with van der Waals surface area (Å²) in [6, 6.07) is 8.16. The molecular formula is C13H14N4O. The second-order valence-electron chi connectivity index (χ2n) is 4.63. The molecule has 1 aliphatic rings. The zero-order chi connectivity index (χ0) is 12.7. The number of aromatic nitrogens is 3. The largest absolute Gasteiger partial charge is 0.304 e. The Morgan fingerprint density at radius 3 is 2.89 bits per heavy atom. The lowest BCUT2D eigenvalue weighted by molar-refractivity contribution is 0.0976. The zero-order valence-corrected chi connectivity index (χ0v) is 10.4. The topological polar surface area (TPSA) is 51.0 Å². The average Bonchev–Trinajstić information content (AvgIpc) is 2.91. The van der Waals surface area contributed by atoms with Crippen LogP contribution in [-0.4, -0.2) is 26.9 Å². The van der Waals surface area contributed by atoms with Crippen LogP contribution in [0.4, 0.5) is 5.69 Å². The van der Waals surface area contributed by atoms with Gasteiger partial charge in [0.2, 0.25) is 0 Å². The molecule has 1 aromatic heterocycles. The van der Waals surface area contributed by atoms with Gasteiger partial charge in [0.15, 0.2) is 5.69 Å². The van der Waals surface area contributed by atoms with E-state index in [0.717, 1.165) is 12.1 Å². The Morgan fingerprint density at radius 2 is 2.17 bits per heavy atom. The van der Waals surface area contributed by atoms with Crippen LogP contribution in [0.15, 0.2) is 30.5 Å². The first-order chi connectivity index (χ1) is 8.66. The Morgan fingerprint density at radius 1 is 1.39 bits per heavy atom. The van der Waals surface area contributed by atoms with E-state index in [4.69, 9.17) is 0 Å². The molecule has 5 heteroatoms. The van der Waals surface area contributed by atoms with Gasteiger partial charge in [-0.3, -0.25) is 9.48 Å². The number of carbonyl (C=O) groups is 1. The highest BCUT2D eigenvalue weighted by Gasteiger charge is 2.32. The lowest BCUT2D eigenvalue weighted by Gasteiger charge is -2.21. The van der Waals surface area contributed by atoms with Crippen LogP contribution in [0.3, 0.4) is 0 Å². The Balaban J connectivity index is 2.00. The number of fused-ring (bicyclic) bond motifs is 1. The standard InChI is InChI=1S/C13H14N4O/c1-9-7-10-5-3-4-6-12(10)17(9)13(18)11-8-16(2)15-14-11/h3-6,8-9H,7H2,1-2H3. The van der Waals surface area contributed by atoms with Gasteiger partial charge in [-0.25, -0.2) is 0 Å². The predicted octanol–water partition coefficient (Wildman–Crippen LogP) is 1.41. The lowest BCUT2D eigenvalue weighted by Crippen LogP contribution is -2.35. The van der Waals surface area contributed by atoms with Crippen molar-refractivity contribution in [3.8, 4) is 0 Å². The number of nitrogens with zero attached hydrogens (tertiary/aromatic N) is 4. The number of benzene rings is 1. The molecule has 0 N–H and O–H groups in total. The number of rotatable bonds is 1. The van der Waals surface area contributed by atoms with E-state index in [1.165, 1.54) is 5.56 Å². The van der Waals surface area contributed by atoms with Crippen molar-refractivity contribution in [2.75, 3.05) is 4.90 Å². The first-order valence-electron chi connectivity index (χ1n) is 5.94. The van der Waals surface area contributed by atoms with Crippen LogP contribution in [-0.2, 0) is 13.5 Å². The van der Waals surface area contributed by atoms with Gasteiger partial charge in [0.05, 0.1) is 6.20 Å². The molecule has 0 aliphatic carbocycles. The highest BCUT2D eigenvalue weighted by Crippen LogP contribution is 2.32. The molecule has 0 saturated carbocycles. The third-order valence-corrected chi connectivity index (χ3v) is 3.25. The van der Waals surface area contributed by atoms with Crippen molar-refractivity contribution < 1.29 is 4.79 Å². The Hall–Kier alpha value is -2.17. The summed E-state index contributed by atoms with van der Waals surface area (Å²) in [4.78, 5) is 14.2. The number of hydrogen-bond acceptors (Lipinski definition) is 3. The Kier molecular flexibility index (Phi) is 2.40. The number of amides is 1. The minimum Gasteiger partial charge on any atom is -0.304 e. The Labute approximate surface area is 105 Å². The van der Waals surface area contributed by atoms with E-state index in [2.05, 4.69) is 16.4 Å². The van der Waals surface area contributed by atoms with Gasteiger partial charge in [0.1, 0.15) is 0 Å². The summed E-state index contributed by atoms with van der Waals surface area (Å²) in [5, 5.41) is 7.70. The number of hydrogen-bond donors (Lipinski definition) is 0. The van der Waals surface area contributed by atoms with Gasteiger partial charge >= 0.3 is 0 Å². The maximum absolute atomic E-state index is 12.4. The summed E-state index contributed by atoms with van der Waals surface area (Å²) < 4.78 is 1.54. The van der Waals surface area contributed by atoms with Crippen LogP contribution in [0.1, 0.15) is 23.0 Å². The molecule has 2 aromatic rings. The first kappa shape index (κ1) is 11.0. The van der Waals surface area contributed by atoms with E-state index < -0.39 is 0 Å². The minimum atomic E-state index is -0.0828. The van der Waals surface area contributed by atoms with Crippen LogP contribution in [0.5, 0.6) is 0 Å². The van der Waals surface area contributed by atoms with Crippen molar-refractivity contribution in [2.45, 2.75) is 19.4 Å². The predicted molar refractivity (Wildman–Crippen MR) is 67.4 cm³/mol. The summed E-state index contributed by atoms with van der Waals surface area (Å²) >= 11 is 0. The molecule has 1 atom stereocenters. The lowest BCUT2D eigenvalue weighted by atomic mass is 10.1. The van der Waals surface area contributed by atoms with E-state index in [0.29, 0.717) is 5.69 Å². The fourth-order valence-electron chi connectivity index (χ4n) is 2.44. The molecule has 0 spiro atoms. The number of carbonyl (C=O) groups excluding carboxylic acids is 1. The monoisotopic (exact) mass is 242 g/mol. The van der Waals surface area contributed by atoms with Crippen molar-refractivity contribution in [1.82, 2.24) is 15.0 Å². The molecule has 1 aromatic carbocycles. The summed E-state index contributed by atoms with van der Waals surface area (Å²) in [7, 11) is 1.76. The van der Waals surface area contributed by atoms with Crippen LogP contribution in [0, 0.1) is 0 Å². The Bertz CT molecular complexity index is 605. The van der Waals surface area contributed by atoms with Crippen LogP contribution < -0.4 is 4.90 Å². The van der Waals surface area contributed by atoms with Crippen molar-refractivity contribution in [1.29, 1.82) is 0 Å². The fraction of sp³-hybridized carbons (Fsp3) is 0.308. The van der Waals surface area contributed by atoms with Gasteiger partial charge in [0, 0.05) is 18.8 Å². The molecule has 1 amide bonds. The molecule has 0 saturated heterocycles. The summed E-state index contributed by atoms with van der Waals surface area (Å²) in [5.41, 5.74) is 2.59. The number of anilines is 1. The normalized spacial score (nSPS) is 17.9. The molecule has 1 unspecified atom stereocenters. The maximum atomic E-state index is 12.4. The second-order valence-corrected chi connectivity index (χ2v) is 4.63. The molecule has 5 nitrogen and oxygen atoms in total. The summed E-state index contributed by atoms with van der Waals surface area (Å²) in [6.07, 6.45) is 2.54. The van der Waals surface area contributed by atoms with Crippen LogP contribution in [0.2, 0.25) is 0 Å². The van der Waals surface area contributed by atoms with Crippen molar-refractivity contribution in [2.24, 2.45) is 7.05 Å². The highest BCUT2D eigenvalue weighted by atomic mass is 16.2. The first-order valence-corrected chi connectivity index (χ1v) is 5.94. The highest BCUT2D eigenvalue weighted by molar-refractivity contribution is 6.06. The number of aryl methyl sites for hydroxylation is 1. The van der Waals surface area contributed by atoms with Crippen molar-refractivity contribution >= 4 is 11.6 Å². The molecular weight excluding hydrogens is 228 g/mol. The van der Waals surface area contributed by atoms with Gasteiger partial charge in [0.25, 0.3) is 5.91 Å². The molecule has 0 bridgehead atoms. The average molecular weight is 242 g/mol. The molecule has 92 valence electrons. The molecule has 18 heavy (non-hydrogen) atoms. The van der Waals surface area contributed by atoms with E-state index in [1.807, 2.05) is 25.1 Å². The third-order valence-electron chi connectivity index (χ3n) is 3.25. The van der Waals surface area contributed by atoms with E-state index in [-0.39, 0.29) is 11.9 Å². The third kappa shape index (κ3) is 1.59. The number of para-hydroxylation sites is 1. The smallest absolute Gasteiger partial charge is 0.280 e. The summed E-state index contributed by atoms with van der Waals surface area (Å²) in [6.45, 7) is 2.05. The van der Waals surface area contributed by atoms with Crippen LogP contribution in [0.25, 0.3) is 0 Å². The SMILES string of the molecule is CC1Cc2ccccc2N1C(=O)c1cn(C)nn1. The maximum Gasteiger partial charge on any atom is 0.280 e. The molecule has 2 heterocycles. The van der Waals surface area contributed by atoms with Gasteiger partial charge in [-0.05, 0) is 25.0 Å². The molecule has 3 rings (SSSR count). The molecule has 0 fully saturated rings. The molecule has 0 radical (unpaired) electrons. The van der Waals surface area contributed by atoms with Gasteiger partial charge in [-0.2, -0.15) is 0 Å². The van der Waals surface area contributed by atoms with Crippen molar-refractivity contribution in [3.63, 3.8) is 0 Å². The zero-order valence-electron chi connectivity index (χ0n) is 10.4. The quantitative estimate of drug-likeness (QED) is 0.759. The van der Waals surface area contributed by atoms with Crippen LogP contribution >= 0.6 is 0 Å². The van der Waals surface area contributed by atoms with Crippen molar-refractivity contribution in [3.05, 3.63) is 41.7 Å². The van der Waals surface area contributed by atoms with Gasteiger partial charge in [-0.1, -0.05) is 23.4 Å². The summed E-state index contributed by atoms with van der Waals surface area (Å²) in [5.74, 6) is -0.0828. The van der Waals surface area contributed by atoms with E-state index in [1.54, 1.807) is 22.8 Å². The minimum absolute atomic E-state index is 0.0828. The van der Waals surface area contributed by atoms with E-state index in [9.17, 15) is 4.79 Å². The van der Waals surface area contributed by atoms with Gasteiger partial charge in [-0.15, -0.1) is 5.10 Å².